The molecule has 0 radical (unpaired) electrons. The molecule has 0 unspecified atom stereocenters. The highest BCUT2D eigenvalue weighted by molar-refractivity contribution is 8.13. The minimum Gasteiger partial charge on any atom is -0.207 e. The van der Waals surface area contributed by atoms with Crippen LogP contribution >= 0.6 is 33.9 Å². The number of hydrogen-bond acceptors (Lipinski definition) is 2. The van der Waals surface area contributed by atoms with Crippen molar-refractivity contribution in [3.05, 3.63) is 27.7 Å². The van der Waals surface area contributed by atoms with E-state index in [2.05, 4.69) is 0 Å². The molecule has 0 aromatic heterocycles. The molecule has 0 aliphatic carbocycles. The predicted molar refractivity (Wildman–Crippen MR) is 54.2 cm³/mol. The lowest BCUT2D eigenvalue weighted by Crippen LogP contribution is -1.93. The van der Waals surface area contributed by atoms with Crippen LogP contribution in [0.1, 0.15) is 5.56 Å². The maximum atomic E-state index is 11.0. The predicted octanol–water partition coefficient (Wildman–Crippen LogP) is 3.23. The van der Waals surface area contributed by atoms with Gasteiger partial charge in [0.2, 0.25) is 0 Å². The number of aryl methyl sites for hydroxylation is 1. The molecule has 72 valence electrons. The lowest BCUT2D eigenvalue weighted by molar-refractivity contribution is 0.609. The van der Waals surface area contributed by atoms with E-state index >= 15 is 0 Å². The van der Waals surface area contributed by atoms with E-state index in [0.29, 0.717) is 10.6 Å². The molecule has 0 N–H and O–H groups in total. The summed E-state index contributed by atoms with van der Waals surface area (Å²) in [6.07, 6.45) is 0. The van der Waals surface area contributed by atoms with E-state index in [1.54, 1.807) is 13.0 Å². The maximum Gasteiger partial charge on any atom is 0.262 e. The van der Waals surface area contributed by atoms with Crippen molar-refractivity contribution in [3.8, 4) is 0 Å². The van der Waals surface area contributed by atoms with Crippen LogP contribution in [0.3, 0.4) is 0 Å². The van der Waals surface area contributed by atoms with E-state index in [0.717, 1.165) is 0 Å². The summed E-state index contributed by atoms with van der Waals surface area (Å²) >= 11 is 11.4. The van der Waals surface area contributed by atoms with Crippen LogP contribution in [0.5, 0.6) is 0 Å². The van der Waals surface area contributed by atoms with Crippen LogP contribution in [-0.4, -0.2) is 8.42 Å². The summed E-state index contributed by atoms with van der Waals surface area (Å²) in [5, 5.41) is 0.403. The third kappa shape index (κ3) is 2.50. The van der Waals surface area contributed by atoms with Gasteiger partial charge >= 0.3 is 0 Å². The molecule has 0 fully saturated rings. The van der Waals surface area contributed by atoms with E-state index < -0.39 is 9.05 Å². The van der Waals surface area contributed by atoms with E-state index in [-0.39, 0.29) is 9.92 Å². The molecule has 0 heterocycles. The van der Waals surface area contributed by atoms with Crippen molar-refractivity contribution in [1.82, 2.24) is 0 Å². The summed E-state index contributed by atoms with van der Waals surface area (Å²) < 4.78 is 22.0. The van der Waals surface area contributed by atoms with Gasteiger partial charge in [-0.3, -0.25) is 0 Å². The number of benzene rings is 1. The summed E-state index contributed by atoms with van der Waals surface area (Å²) in [6.45, 7) is 1.65. The molecule has 0 atom stereocenters. The summed E-state index contributed by atoms with van der Waals surface area (Å²) in [4.78, 5) is -0.152. The summed E-state index contributed by atoms with van der Waals surface area (Å²) in [6, 6.07) is 2.79. The van der Waals surface area contributed by atoms with Crippen LogP contribution in [0.15, 0.2) is 17.0 Å². The standard InChI is InChI=1S/C7H5Cl3O2S/c1-4-2-5(8)3-6(7(4)9)13(10,11)12/h2-3H,1H3. The Balaban J connectivity index is 3.56. The minimum absolute atomic E-state index is 0.111. The molecule has 0 amide bonds. The maximum absolute atomic E-state index is 11.0. The third-order valence-electron chi connectivity index (χ3n) is 1.45. The average molecular weight is 260 g/mol. The monoisotopic (exact) mass is 258 g/mol. The molecular weight excluding hydrogens is 255 g/mol. The Morgan fingerprint density at radius 1 is 1.23 bits per heavy atom. The normalized spacial score (nSPS) is 11.7. The molecule has 0 saturated heterocycles. The van der Waals surface area contributed by atoms with Crippen molar-refractivity contribution >= 4 is 42.9 Å². The van der Waals surface area contributed by atoms with E-state index in [9.17, 15) is 8.42 Å². The molecule has 13 heavy (non-hydrogen) atoms. The van der Waals surface area contributed by atoms with Crippen LogP contribution in [0.25, 0.3) is 0 Å². The largest absolute Gasteiger partial charge is 0.262 e. The number of hydrogen-bond donors (Lipinski definition) is 0. The van der Waals surface area contributed by atoms with Gasteiger partial charge in [0.05, 0.1) is 5.02 Å². The van der Waals surface area contributed by atoms with E-state index in [4.69, 9.17) is 33.9 Å². The van der Waals surface area contributed by atoms with Crippen molar-refractivity contribution in [2.75, 3.05) is 0 Å². The Kier molecular flexibility index (Phi) is 3.12. The van der Waals surface area contributed by atoms with Gasteiger partial charge in [0, 0.05) is 15.7 Å². The number of halogens is 3. The second kappa shape index (κ2) is 3.65. The van der Waals surface area contributed by atoms with Crippen molar-refractivity contribution in [3.63, 3.8) is 0 Å². The lowest BCUT2D eigenvalue weighted by Gasteiger charge is -2.03. The Hall–Kier alpha value is 0.0400. The quantitative estimate of drug-likeness (QED) is 0.726. The molecule has 0 aliphatic rings. The topological polar surface area (TPSA) is 34.1 Å². The van der Waals surface area contributed by atoms with Crippen LogP contribution in [-0.2, 0) is 9.05 Å². The first-order valence-electron chi connectivity index (χ1n) is 3.22. The smallest absolute Gasteiger partial charge is 0.207 e. The van der Waals surface area contributed by atoms with Crippen LogP contribution in [0.4, 0.5) is 0 Å². The second-order valence-corrected chi connectivity index (χ2v) is 5.82. The highest BCUT2D eigenvalue weighted by atomic mass is 35.7. The van der Waals surface area contributed by atoms with Gasteiger partial charge in [0.1, 0.15) is 4.90 Å². The first kappa shape index (κ1) is 11.1. The zero-order valence-electron chi connectivity index (χ0n) is 6.51. The Bertz CT molecular complexity index is 439. The molecule has 0 saturated carbocycles. The number of rotatable bonds is 1. The zero-order chi connectivity index (χ0) is 10.2. The van der Waals surface area contributed by atoms with Gasteiger partial charge in [-0.1, -0.05) is 23.2 Å². The fourth-order valence-corrected chi connectivity index (χ4v) is 2.75. The second-order valence-electron chi connectivity index (χ2n) is 2.47. The van der Waals surface area contributed by atoms with E-state index in [1.807, 2.05) is 0 Å². The first-order valence-corrected chi connectivity index (χ1v) is 6.29. The van der Waals surface area contributed by atoms with Gasteiger partial charge in [-0.05, 0) is 24.6 Å². The molecule has 0 spiro atoms. The average Bonchev–Trinajstić information content (AvgIpc) is 1.94. The Morgan fingerprint density at radius 3 is 2.23 bits per heavy atom. The molecule has 2 nitrogen and oxygen atoms in total. The van der Waals surface area contributed by atoms with Crippen molar-refractivity contribution in [1.29, 1.82) is 0 Å². The van der Waals surface area contributed by atoms with Crippen LogP contribution in [0, 0.1) is 6.92 Å². The van der Waals surface area contributed by atoms with Crippen LogP contribution in [0.2, 0.25) is 10.0 Å². The molecular formula is C7H5Cl3O2S. The van der Waals surface area contributed by atoms with Gasteiger partial charge in [-0.15, -0.1) is 0 Å². The Labute approximate surface area is 90.8 Å². The van der Waals surface area contributed by atoms with Gasteiger partial charge in [-0.2, -0.15) is 0 Å². The summed E-state index contributed by atoms with van der Waals surface area (Å²) in [5.41, 5.74) is 0.577. The SMILES string of the molecule is Cc1cc(Cl)cc(S(=O)(=O)Cl)c1Cl. The van der Waals surface area contributed by atoms with Crippen molar-refractivity contribution in [2.45, 2.75) is 11.8 Å². The van der Waals surface area contributed by atoms with Gasteiger partial charge in [0.15, 0.2) is 0 Å². The summed E-state index contributed by atoms with van der Waals surface area (Å²) in [5.74, 6) is 0. The van der Waals surface area contributed by atoms with Gasteiger partial charge < -0.3 is 0 Å². The van der Waals surface area contributed by atoms with Gasteiger partial charge in [-0.25, -0.2) is 8.42 Å². The molecule has 0 aliphatic heterocycles. The fourth-order valence-electron chi connectivity index (χ4n) is 0.872. The third-order valence-corrected chi connectivity index (χ3v) is 3.63. The highest BCUT2D eigenvalue weighted by Crippen LogP contribution is 2.30. The molecule has 1 aromatic carbocycles. The lowest BCUT2D eigenvalue weighted by atomic mass is 10.2. The summed E-state index contributed by atoms with van der Waals surface area (Å²) in [7, 11) is 1.31. The fraction of sp³-hybridized carbons (Fsp3) is 0.143. The Morgan fingerprint density at radius 2 is 1.77 bits per heavy atom. The minimum atomic E-state index is -3.82. The molecule has 1 aromatic rings. The molecule has 1 rings (SSSR count). The van der Waals surface area contributed by atoms with Crippen molar-refractivity contribution in [2.24, 2.45) is 0 Å². The van der Waals surface area contributed by atoms with Crippen LogP contribution < -0.4 is 0 Å². The van der Waals surface area contributed by atoms with E-state index in [1.165, 1.54) is 6.07 Å². The first-order chi connectivity index (χ1) is 5.82. The van der Waals surface area contributed by atoms with Crippen molar-refractivity contribution < 1.29 is 8.42 Å². The molecule has 0 bridgehead atoms. The van der Waals surface area contributed by atoms with Gasteiger partial charge in [0.25, 0.3) is 9.05 Å². The zero-order valence-corrected chi connectivity index (χ0v) is 9.60. The molecule has 6 heteroatoms. The highest BCUT2D eigenvalue weighted by Gasteiger charge is 2.16.